The van der Waals surface area contributed by atoms with E-state index in [1.807, 2.05) is 13.8 Å². The second kappa shape index (κ2) is 13.2. The zero-order valence-corrected chi connectivity index (χ0v) is 29.5. The maximum absolute atomic E-state index is 13.6. The highest BCUT2D eigenvalue weighted by molar-refractivity contribution is 7.87. The van der Waals surface area contributed by atoms with Gasteiger partial charge >= 0.3 is 15.8 Å². The van der Waals surface area contributed by atoms with Crippen LogP contribution in [0, 0.1) is 25.7 Å². The van der Waals surface area contributed by atoms with E-state index in [1.165, 1.54) is 28.6 Å². The molecular weight excluding hydrogens is 646 g/mol. The van der Waals surface area contributed by atoms with Crippen LogP contribution in [0.25, 0.3) is 11.0 Å². The predicted octanol–water partition coefficient (Wildman–Crippen LogP) is 3.08. The molecule has 1 N–H and O–H groups in total. The summed E-state index contributed by atoms with van der Waals surface area (Å²) >= 11 is 0. The number of carbonyl (C=O) groups is 2. The lowest BCUT2D eigenvalue weighted by Crippen LogP contribution is -2.53. The molecule has 4 aliphatic rings. The highest BCUT2D eigenvalue weighted by atomic mass is 32.2. The second-order valence-corrected chi connectivity index (χ2v) is 15.9. The number of piperazine rings is 1. The Morgan fingerprint density at radius 2 is 1.67 bits per heavy atom. The normalized spacial score (nSPS) is 23.1. The van der Waals surface area contributed by atoms with Gasteiger partial charge in [0, 0.05) is 74.1 Å². The molecule has 2 amide bonds. The first-order valence-electron chi connectivity index (χ1n) is 17.2. The van der Waals surface area contributed by atoms with E-state index in [4.69, 9.17) is 9.15 Å². The van der Waals surface area contributed by atoms with Crippen molar-refractivity contribution in [3.8, 4) is 0 Å². The van der Waals surface area contributed by atoms with Crippen LogP contribution < -0.4 is 15.2 Å². The third-order valence-corrected chi connectivity index (χ3v) is 12.6. The molecule has 0 bridgehead atoms. The monoisotopic (exact) mass is 691 g/mol. The fourth-order valence-electron chi connectivity index (χ4n) is 8.37. The molecule has 1 aromatic heterocycles. The Balaban J connectivity index is 1.06. The first kappa shape index (κ1) is 33.7. The van der Waals surface area contributed by atoms with Crippen LogP contribution in [0.5, 0.6) is 0 Å². The molecule has 7 rings (SSSR count). The maximum atomic E-state index is 13.6. The Bertz CT molecular complexity index is 1950. The molecule has 3 atom stereocenters. The summed E-state index contributed by atoms with van der Waals surface area (Å²) in [5.74, 6) is -0.278. The van der Waals surface area contributed by atoms with E-state index in [1.54, 1.807) is 12.0 Å². The minimum absolute atomic E-state index is 0.113. The number of nitrogens with one attached hydrogen (secondary N) is 1. The van der Waals surface area contributed by atoms with E-state index in [9.17, 15) is 22.8 Å². The van der Waals surface area contributed by atoms with Crippen LogP contribution in [0.3, 0.4) is 0 Å². The molecule has 3 aromatic rings. The Labute approximate surface area is 287 Å². The molecule has 0 spiro atoms. The number of anilines is 1. The van der Waals surface area contributed by atoms with E-state index in [2.05, 4.69) is 27.6 Å². The molecule has 4 heterocycles. The van der Waals surface area contributed by atoms with Crippen molar-refractivity contribution >= 4 is 38.7 Å². The molecule has 262 valence electrons. The molecule has 0 radical (unpaired) electrons. The zero-order chi connectivity index (χ0) is 34.6. The van der Waals surface area contributed by atoms with Crippen molar-refractivity contribution in [1.82, 2.24) is 18.8 Å². The summed E-state index contributed by atoms with van der Waals surface area (Å²) in [6, 6.07) is 8.40. The lowest BCUT2D eigenvalue weighted by molar-refractivity contribution is 0.0732. The van der Waals surface area contributed by atoms with Gasteiger partial charge in [-0.1, -0.05) is 6.42 Å². The number of benzene rings is 2. The lowest BCUT2D eigenvalue weighted by atomic mass is 9.92. The van der Waals surface area contributed by atoms with Gasteiger partial charge in [0.05, 0.1) is 24.8 Å². The Hall–Kier alpha value is -3.78. The van der Waals surface area contributed by atoms with Gasteiger partial charge in [0.15, 0.2) is 0 Å². The number of amides is 2. The number of rotatable bonds is 7. The minimum atomic E-state index is -3.95. The molecule has 2 saturated heterocycles. The lowest BCUT2D eigenvalue weighted by Gasteiger charge is -2.41. The number of fused-ring (bicyclic) bond motifs is 4. The van der Waals surface area contributed by atoms with E-state index in [0.717, 1.165) is 66.7 Å². The number of ether oxygens (including phenoxy) is 1. The molecule has 3 aliphatic heterocycles. The number of hydrogen-bond acceptors (Lipinski definition) is 9. The van der Waals surface area contributed by atoms with Gasteiger partial charge < -0.3 is 19.0 Å². The van der Waals surface area contributed by atoms with E-state index in [-0.39, 0.29) is 24.1 Å². The van der Waals surface area contributed by atoms with Crippen LogP contribution in [0.2, 0.25) is 0 Å². The number of aryl methyl sites for hydroxylation is 2. The molecule has 0 unspecified atom stereocenters. The van der Waals surface area contributed by atoms with Crippen LogP contribution in [0.1, 0.15) is 62.2 Å². The zero-order valence-electron chi connectivity index (χ0n) is 28.7. The van der Waals surface area contributed by atoms with Gasteiger partial charge in [-0.3, -0.25) is 14.5 Å². The minimum Gasteiger partial charge on any atom is -0.422 e. The highest BCUT2D eigenvalue weighted by Gasteiger charge is 2.41. The maximum Gasteiger partial charge on any atom is 0.341 e. The summed E-state index contributed by atoms with van der Waals surface area (Å²) in [4.78, 5) is 46.2. The molecular formula is C36H45N5O7S. The van der Waals surface area contributed by atoms with Crippen molar-refractivity contribution in [2.75, 3.05) is 64.9 Å². The van der Waals surface area contributed by atoms with Gasteiger partial charge in [-0.25, -0.2) is 9.52 Å². The average Bonchev–Trinajstić information content (AvgIpc) is 3.71. The summed E-state index contributed by atoms with van der Waals surface area (Å²) in [5.41, 5.74) is 5.07. The fourth-order valence-corrected chi connectivity index (χ4v) is 9.62. The van der Waals surface area contributed by atoms with Crippen molar-refractivity contribution in [3.05, 3.63) is 74.1 Å². The van der Waals surface area contributed by atoms with Crippen LogP contribution in [-0.4, -0.2) is 100 Å². The Morgan fingerprint density at radius 3 is 2.37 bits per heavy atom. The number of methoxy groups -OCH3 is 1. The number of nitrogens with zero attached hydrogens (tertiary/aromatic N) is 4. The Kier molecular flexibility index (Phi) is 9.05. The van der Waals surface area contributed by atoms with Crippen LogP contribution >= 0.6 is 0 Å². The van der Waals surface area contributed by atoms with Crippen molar-refractivity contribution in [3.63, 3.8) is 0 Å². The average molecular weight is 692 g/mol. The third-order valence-electron chi connectivity index (χ3n) is 11.2. The van der Waals surface area contributed by atoms with Gasteiger partial charge in [-0.05, 0) is 93.5 Å². The topological polar surface area (TPSA) is 133 Å². The predicted molar refractivity (Wildman–Crippen MR) is 186 cm³/mol. The number of carbonyl (C=O) groups excluding carboxylic acids is 2. The molecule has 2 aromatic carbocycles. The summed E-state index contributed by atoms with van der Waals surface area (Å²) < 4.78 is 40.9. The van der Waals surface area contributed by atoms with Crippen molar-refractivity contribution in [1.29, 1.82) is 0 Å². The molecule has 1 saturated carbocycles. The van der Waals surface area contributed by atoms with E-state index in [0.29, 0.717) is 61.2 Å². The quantitative estimate of drug-likeness (QED) is 0.372. The van der Waals surface area contributed by atoms with Gasteiger partial charge in [-0.2, -0.15) is 12.7 Å². The summed E-state index contributed by atoms with van der Waals surface area (Å²) in [5, 5.41) is 0.938. The SMILES string of the molecule is COC[C@H]1CN(c2cc(C)c3c4c(c(=O)oc3c2C)CN(C(=O)c2ccc(C(=O)NS(=O)(=O)N3C[C@H]5CCC[C@H]5C3)cc2)CC4)CCN1C. The van der Waals surface area contributed by atoms with E-state index < -0.39 is 21.7 Å². The summed E-state index contributed by atoms with van der Waals surface area (Å²) in [7, 11) is -0.119. The van der Waals surface area contributed by atoms with Crippen molar-refractivity contribution in [2.45, 2.75) is 52.1 Å². The summed E-state index contributed by atoms with van der Waals surface area (Å²) in [6.07, 6.45) is 3.68. The van der Waals surface area contributed by atoms with E-state index >= 15 is 0 Å². The smallest absolute Gasteiger partial charge is 0.341 e. The van der Waals surface area contributed by atoms with Crippen LogP contribution in [0.15, 0.2) is 39.5 Å². The number of hydrogen-bond donors (Lipinski definition) is 1. The molecule has 1 aliphatic carbocycles. The molecule has 3 fully saturated rings. The number of likely N-dealkylation sites (N-methyl/N-ethyl adjacent to an activating group) is 1. The van der Waals surface area contributed by atoms with Crippen molar-refractivity contribution < 1.29 is 27.2 Å². The standard InChI is InChI=1S/C36H45N5O7S/c1-22-16-31(39-15-14-38(3)28(19-39)21-47-4)23(2)33-32(22)29-12-13-40(20-30(29)36(44)48-33)35(43)25-10-8-24(9-11-25)34(42)37-49(45,46)41-17-26-6-5-7-27(26)18-41/h8-11,16,26-28H,5-7,12-15,17-21H2,1-4H3,(H,37,42)/t26-,27+,28-/m1/s1. The largest absolute Gasteiger partial charge is 0.422 e. The molecule has 13 heteroatoms. The van der Waals surface area contributed by atoms with Gasteiger partial charge in [-0.15, -0.1) is 0 Å². The van der Waals surface area contributed by atoms with Crippen LogP contribution in [0.4, 0.5) is 5.69 Å². The van der Waals surface area contributed by atoms with Gasteiger partial charge in [0.2, 0.25) is 0 Å². The fraction of sp³-hybridized carbons (Fsp3) is 0.528. The van der Waals surface area contributed by atoms with Gasteiger partial charge in [0.1, 0.15) is 5.58 Å². The molecule has 12 nitrogen and oxygen atoms in total. The van der Waals surface area contributed by atoms with Gasteiger partial charge in [0.25, 0.3) is 11.8 Å². The highest BCUT2D eigenvalue weighted by Crippen LogP contribution is 2.39. The first-order valence-corrected chi connectivity index (χ1v) is 18.6. The summed E-state index contributed by atoms with van der Waals surface area (Å²) in [6.45, 7) is 8.68. The molecule has 49 heavy (non-hydrogen) atoms. The van der Waals surface area contributed by atoms with Crippen molar-refractivity contribution in [2.24, 2.45) is 11.8 Å². The Morgan fingerprint density at radius 1 is 0.980 bits per heavy atom. The second-order valence-electron chi connectivity index (χ2n) is 14.2. The third kappa shape index (κ3) is 6.26. The van der Waals surface area contributed by atoms with Crippen LogP contribution in [-0.2, 0) is 27.9 Å². The first-order chi connectivity index (χ1) is 23.4.